The van der Waals surface area contributed by atoms with E-state index in [2.05, 4.69) is 5.10 Å². The Morgan fingerprint density at radius 1 is 1.33 bits per heavy atom. The molecule has 7 nitrogen and oxygen atoms in total. The molecule has 24 heavy (non-hydrogen) atoms. The maximum Gasteiger partial charge on any atom is 0.410 e. The van der Waals surface area contributed by atoms with E-state index in [1.807, 2.05) is 37.3 Å². The predicted molar refractivity (Wildman–Crippen MR) is 87.4 cm³/mol. The molecular weight excluding hydrogens is 310 g/mol. The molecule has 0 fully saturated rings. The zero-order valence-corrected chi connectivity index (χ0v) is 14.0. The molecule has 2 rings (SSSR count). The molecule has 7 heteroatoms. The molecule has 1 N–H and O–H groups in total. The summed E-state index contributed by atoms with van der Waals surface area (Å²) in [5.74, 6) is -1.13. The molecule has 1 aromatic carbocycles. The van der Waals surface area contributed by atoms with Crippen LogP contribution in [0.3, 0.4) is 0 Å². The molecule has 1 unspecified atom stereocenters. The summed E-state index contributed by atoms with van der Waals surface area (Å²) in [5.41, 5.74) is 1.97. The zero-order valence-electron chi connectivity index (χ0n) is 14.0. The summed E-state index contributed by atoms with van der Waals surface area (Å²) in [5, 5.41) is 13.8. The van der Waals surface area contributed by atoms with Crippen molar-refractivity contribution in [1.29, 1.82) is 0 Å². The van der Waals surface area contributed by atoms with Gasteiger partial charge in [0.05, 0.1) is 5.69 Å². The average Bonchev–Trinajstić information content (AvgIpc) is 2.93. The molecule has 0 saturated carbocycles. The highest BCUT2D eigenvalue weighted by Crippen LogP contribution is 2.24. The molecule has 1 aromatic heterocycles. The zero-order chi connectivity index (χ0) is 17.7. The molecule has 0 radical (unpaired) electrons. The van der Waals surface area contributed by atoms with Gasteiger partial charge in [0.2, 0.25) is 0 Å². The third-order valence-corrected chi connectivity index (χ3v) is 3.68. The van der Waals surface area contributed by atoms with Crippen LogP contribution in [0, 0.1) is 0 Å². The lowest BCUT2D eigenvalue weighted by atomic mass is 10.1. The highest BCUT2D eigenvalue weighted by Gasteiger charge is 2.32. The molecule has 2 aromatic rings. The van der Waals surface area contributed by atoms with Crippen LogP contribution in [0.5, 0.6) is 0 Å². The fourth-order valence-electron chi connectivity index (χ4n) is 2.49. The summed E-state index contributed by atoms with van der Waals surface area (Å²) in [6, 6.07) is 8.08. The van der Waals surface area contributed by atoms with Gasteiger partial charge in [0.15, 0.2) is 6.04 Å². The molecule has 1 heterocycles. The number of rotatable bonds is 6. The lowest BCUT2D eigenvalue weighted by Gasteiger charge is -2.24. The Kier molecular flexibility index (Phi) is 5.57. The second kappa shape index (κ2) is 7.63. The second-order valence-electron chi connectivity index (χ2n) is 5.45. The van der Waals surface area contributed by atoms with Gasteiger partial charge in [-0.3, -0.25) is 9.58 Å². The number of aliphatic carboxylic acids is 1. The maximum atomic E-state index is 12.3. The molecule has 1 amide bonds. The first-order valence-electron chi connectivity index (χ1n) is 7.62. The van der Waals surface area contributed by atoms with Crippen molar-refractivity contribution < 1.29 is 19.4 Å². The van der Waals surface area contributed by atoms with Crippen LogP contribution in [-0.4, -0.2) is 38.9 Å². The van der Waals surface area contributed by atoms with Gasteiger partial charge < -0.3 is 9.84 Å². The predicted octanol–water partition coefficient (Wildman–Crippen LogP) is 2.38. The van der Waals surface area contributed by atoms with Gasteiger partial charge in [0, 0.05) is 25.9 Å². The van der Waals surface area contributed by atoms with Crippen LogP contribution in [0.4, 0.5) is 4.79 Å². The largest absolute Gasteiger partial charge is 0.479 e. The number of benzene rings is 1. The van der Waals surface area contributed by atoms with Gasteiger partial charge in [0.25, 0.3) is 0 Å². The Balaban J connectivity index is 2.15. The number of carbonyl (C=O) groups excluding carboxylic acids is 1. The number of amides is 1. The van der Waals surface area contributed by atoms with Crippen LogP contribution in [-0.2, 0) is 29.6 Å². The first-order valence-corrected chi connectivity index (χ1v) is 7.62. The van der Waals surface area contributed by atoms with Crippen molar-refractivity contribution in [3.63, 3.8) is 0 Å². The number of aromatic nitrogens is 2. The van der Waals surface area contributed by atoms with Crippen LogP contribution in [0.25, 0.3) is 0 Å². The van der Waals surface area contributed by atoms with Gasteiger partial charge in [-0.05, 0) is 12.0 Å². The quantitative estimate of drug-likeness (QED) is 0.878. The van der Waals surface area contributed by atoms with Gasteiger partial charge in [0.1, 0.15) is 6.61 Å². The number of carboxylic acids is 1. The van der Waals surface area contributed by atoms with Crippen molar-refractivity contribution in [1.82, 2.24) is 14.7 Å². The van der Waals surface area contributed by atoms with E-state index in [1.54, 1.807) is 17.9 Å². The van der Waals surface area contributed by atoms with Crippen molar-refractivity contribution in [3.8, 4) is 0 Å². The normalized spacial score (nSPS) is 11.8. The van der Waals surface area contributed by atoms with E-state index >= 15 is 0 Å². The Morgan fingerprint density at radius 3 is 2.58 bits per heavy atom. The average molecular weight is 331 g/mol. The molecule has 0 aliphatic carbocycles. The number of ether oxygens (including phenoxy) is 1. The first-order chi connectivity index (χ1) is 11.4. The summed E-state index contributed by atoms with van der Waals surface area (Å²) < 4.78 is 6.77. The highest BCUT2D eigenvalue weighted by molar-refractivity contribution is 5.81. The van der Waals surface area contributed by atoms with Gasteiger partial charge in [-0.2, -0.15) is 5.10 Å². The fourth-order valence-corrected chi connectivity index (χ4v) is 2.49. The molecule has 0 saturated heterocycles. The molecule has 1 atom stereocenters. The topological polar surface area (TPSA) is 84.7 Å². The molecule has 128 valence electrons. The number of hydrogen-bond acceptors (Lipinski definition) is 4. The van der Waals surface area contributed by atoms with Gasteiger partial charge in [-0.1, -0.05) is 37.3 Å². The smallest absolute Gasteiger partial charge is 0.410 e. The Labute approximate surface area is 140 Å². The second-order valence-corrected chi connectivity index (χ2v) is 5.45. The third kappa shape index (κ3) is 3.92. The Bertz CT molecular complexity index is 712. The van der Waals surface area contributed by atoms with Crippen LogP contribution in [0.15, 0.2) is 36.5 Å². The molecule has 0 spiro atoms. The summed E-state index contributed by atoms with van der Waals surface area (Å²) in [6.45, 7) is 1.97. The van der Waals surface area contributed by atoms with E-state index in [4.69, 9.17) is 4.74 Å². The Morgan fingerprint density at radius 2 is 2.00 bits per heavy atom. The van der Waals surface area contributed by atoms with Crippen molar-refractivity contribution in [3.05, 3.63) is 53.3 Å². The number of aryl methyl sites for hydroxylation is 2. The summed E-state index contributed by atoms with van der Waals surface area (Å²) in [7, 11) is 3.13. The minimum absolute atomic E-state index is 0.0873. The number of nitrogens with zero attached hydrogens (tertiary/aromatic N) is 3. The summed E-state index contributed by atoms with van der Waals surface area (Å²) >= 11 is 0. The lowest BCUT2D eigenvalue weighted by Crippen LogP contribution is -2.36. The molecular formula is C17H21N3O4. The summed E-state index contributed by atoms with van der Waals surface area (Å²) in [6.07, 6.45) is 1.50. The first kappa shape index (κ1) is 17.5. The number of hydrogen-bond donors (Lipinski definition) is 1. The van der Waals surface area contributed by atoms with Crippen molar-refractivity contribution in [2.24, 2.45) is 7.05 Å². The van der Waals surface area contributed by atoms with Crippen LogP contribution in [0.2, 0.25) is 0 Å². The van der Waals surface area contributed by atoms with E-state index in [-0.39, 0.29) is 6.61 Å². The van der Waals surface area contributed by atoms with Crippen LogP contribution >= 0.6 is 0 Å². The van der Waals surface area contributed by atoms with Crippen molar-refractivity contribution >= 4 is 12.1 Å². The fraction of sp³-hybridized carbons (Fsp3) is 0.353. The number of carbonyl (C=O) groups is 2. The molecule has 0 bridgehead atoms. The summed E-state index contributed by atoms with van der Waals surface area (Å²) in [4.78, 5) is 25.1. The number of likely N-dealkylation sites (N-methyl/N-ethyl adjacent to an activating group) is 1. The van der Waals surface area contributed by atoms with Crippen molar-refractivity contribution in [2.45, 2.75) is 26.0 Å². The highest BCUT2D eigenvalue weighted by atomic mass is 16.6. The van der Waals surface area contributed by atoms with E-state index in [9.17, 15) is 14.7 Å². The lowest BCUT2D eigenvalue weighted by molar-refractivity contribution is -0.142. The minimum atomic E-state index is -1.14. The maximum absolute atomic E-state index is 12.3. The SMILES string of the molecule is CCc1nn(C)cc1C(C(=O)O)N(C)C(=O)OCc1ccccc1. The third-order valence-electron chi connectivity index (χ3n) is 3.68. The Hall–Kier alpha value is -2.83. The van der Waals surface area contributed by atoms with E-state index in [1.165, 1.54) is 7.05 Å². The molecule has 0 aliphatic rings. The van der Waals surface area contributed by atoms with E-state index < -0.39 is 18.1 Å². The standard InChI is InChI=1S/C17H21N3O4/c1-4-14-13(10-19(2)18-14)15(16(21)22)20(3)17(23)24-11-12-8-6-5-7-9-12/h5-10,15H,4,11H2,1-3H3,(H,21,22). The van der Waals surface area contributed by atoms with Crippen LogP contribution in [0.1, 0.15) is 29.8 Å². The van der Waals surface area contributed by atoms with Crippen molar-refractivity contribution in [2.75, 3.05) is 7.05 Å². The van der Waals surface area contributed by atoms with Gasteiger partial charge in [-0.25, -0.2) is 9.59 Å². The van der Waals surface area contributed by atoms with Gasteiger partial charge >= 0.3 is 12.1 Å². The van der Waals surface area contributed by atoms with Crippen LogP contribution < -0.4 is 0 Å². The monoisotopic (exact) mass is 331 g/mol. The van der Waals surface area contributed by atoms with Gasteiger partial charge in [-0.15, -0.1) is 0 Å². The minimum Gasteiger partial charge on any atom is -0.479 e. The molecule has 0 aliphatic heterocycles. The number of carboxylic acid groups (broad SMARTS) is 1. The van der Waals surface area contributed by atoms with E-state index in [0.29, 0.717) is 17.7 Å². The van der Waals surface area contributed by atoms with E-state index in [0.717, 1.165) is 10.5 Å².